The van der Waals surface area contributed by atoms with Gasteiger partial charge in [-0.25, -0.2) is 8.42 Å². The fraction of sp³-hybridized carbons (Fsp3) is 0.318. The quantitative estimate of drug-likeness (QED) is 0.853. The Bertz CT molecular complexity index is 1040. The van der Waals surface area contributed by atoms with Crippen molar-refractivity contribution in [2.75, 3.05) is 18.4 Å². The summed E-state index contributed by atoms with van der Waals surface area (Å²) in [5.41, 5.74) is 3.81. The van der Waals surface area contributed by atoms with Crippen LogP contribution in [0, 0.1) is 5.92 Å². The van der Waals surface area contributed by atoms with Gasteiger partial charge in [0.25, 0.3) is 0 Å². The molecule has 2 heterocycles. The van der Waals surface area contributed by atoms with E-state index in [-0.39, 0.29) is 22.6 Å². The SMILES string of the molecule is CC(C)[C@@H]1C(=O)Nc2ccc(S(=O)(=O)N3CC=C(c4ccccc4)CC3)cc21. The van der Waals surface area contributed by atoms with Crippen molar-refractivity contribution >= 4 is 27.2 Å². The maximum Gasteiger partial charge on any atom is 0.243 e. The number of carbonyl (C=O) groups excluding carboxylic acids is 1. The van der Waals surface area contributed by atoms with Crippen molar-refractivity contribution in [1.29, 1.82) is 0 Å². The summed E-state index contributed by atoms with van der Waals surface area (Å²) in [6.45, 7) is 4.75. The zero-order valence-electron chi connectivity index (χ0n) is 16.1. The molecule has 0 saturated heterocycles. The summed E-state index contributed by atoms with van der Waals surface area (Å²) in [5.74, 6) is -0.269. The number of anilines is 1. The summed E-state index contributed by atoms with van der Waals surface area (Å²) in [6, 6.07) is 15.0. The second kappa shape index (κ2) is 7.18. The molecule has 4 rings (SSSR count). The zero-order valence-corrected chi connectivity index (χ0v) is 16.9. The topological polar surface area (TPSA) is 66.5 Å². The normalized spacial score (nSPS) is 20.0. The van der Waals surface area contributed by atoms with E-state index < -0.39 is 10.0 Å². The second-order valence-corrected chi connectivity index (χ2v) is 9.61. The van der Waals surface area contributed by atoms with Gasteiger partial charge < -0.3 is 5.32 Å². The predicted octanol–water partition coefficient (Wildman–Crippen LogP) is 3.86. The van der Waals surface area contributed by atoms with Crippen LogP contribution in [0.15, 0.2) is 59.5 Å². The van der Waals surface area contributed by atoms with Crippen LogP contribution in [0.3, 0.4) is 0 Å². The Hall–Kier alpha value is -2.44. The van der Waals surface area contributed by atoms with Gasteiger partial charge in [-0.05, 0) is 47.2 Å². The molecule has 0 fully saturated rings. The molecule has 28 heavy (non-hydrogen) atoms. The number of hydrogen-bond donors (Lipinski definition) is 1. The molecule has 0 aliphatic carbocycles. The molecule has 2 aromatic rings. The van der Waals surface area contributed by atoms with Crippen LogP contribution in [0.5, 0.6) is 0 Å². The van der Waals surface area contributed by atoms with Gasteiger partial charge in [0.1, 0.15) is 0 Å². The van der Waals surface area contributed by atoms with Crippen molar-refractivity contribution in [1.82, 2.24) is 4.31 Å². The molecule has 0 bridgehead atoms. The summed E-state index contributed by atoms with van der Waals surface area (Å²) in [5, 5.41) is 2.85. The first-order valence-corrected chi connectivity index (χ1v) is 11.0. The first-order valence-electron chi connectivity index (χ1n) is 9.57. The summed E-state index contributed by atoms with van der Waals surface area (Å²) in [6.07, 6.45) is 2.68. The summed E-state index contributed by atoms with van der Waals surface area (Å²) < 4.78 is 27.9. The largest absolute Gasteiger partial charge is 0.325 e. The molecule has 0 saturated carbocycles. The fourth-order valence-corrected chi connectivity index (χ4v) is 5.43. The van der Waals surface area contributed by atoms with E-state index in [4.69, 9.17) is 0 Å². The Kier molecular flexibility index (Phi) is 4.85. The Morgan fingerprint density at radius 2 is 1.86 bits per heavy atom. The minimum absolute atomic E-state index is 0.0621. The third-order valence-electron chi connectivity index (χ3n) is 5.52. The van der Waals surface area contributed by atoms with E-state index in [1.54, 1.807) is 18.2 Å². The molecule has 0 aromatic heterocycles. The van der Waals surface area contributed by atoms with Crippen molar-refractivity contribution < 1.29 is 13.2 Å². The van der Waals surface area contributed by atoms with Crippen molar-refractivity contribution in [3.05, 3.63) is 65.7 Å². The van der Waals surface area contributed by atoms with E-state index in [0.717, 1.165) is 11.1 Å². The van der Waals surface area contributed by atoms with Gasteiger partial charge in [0.15, 0.2) is 0 Å². The highest BCUT2D eigenvalue weighted by Crippen LogP contribution is 2.39. The molecule has 1 N–H and O–H groups in total. The molecule has 0 radical (unpaired) electrons. The molecule has 1 amide bonds. The molecule has 146 valence electrons. The van der Waals surface area contributed by atoms with Crippen LogP contribution in [0.25, 0.3) is 5.57 Å². The van der Waals surface area contributed by atoms with Gasteiger partial charge in [-0.2, -0.15) is 4.31 Å². The standard InChI is InChI=1S/C22H24N2O3S/c1-15(2)21-19-14-18(8-9-20(19)23-22(21)25)28(26,27)24-12-10-17(11-13-24)16-6-4-3-5-7-16/h3-10,14-15,21H,11-13H2,1-2H3,(H,23,25)/t21-/m0/s1. The van der Waals surface area contributed by atoms with Gasteiger partial charge in [-0.15, -0.1) is 0 Å². The number of amides is 1. The average molecular weight is 397 g/mol. The third kappa shape index (κ3) is 3.27. The number of sulfonamides is 1. The van der Waals surface area contributed by atoms with Crippen molar-refractivity contribution in [3.8, 4) is 0 Å². The maximum atomic E-state index is 13.2. The van der Waals surface area contributed by atoms with E-state index in [2.05, 4.69) is 5.32 Å². The molecule has 0 spiro atoms. The fourth-order valence-electron chi connectivity index (χ4n) is 4.02. The van der Waals surface area contributed by atoms with Crippen molar-refractivity contribution in [2.24, 2.45) is 5.92 Å². The maximum absolute atomic E-state index is 13.2. The van der Waals surface area contributed by atoms with Crippen LogP contribution in [-0.4, -0.2) is 31.7 Å². The number of fused-ring (bicyclic) bond motifs is 1. The Labute approximate surface area is 166 Å². The molecular weight excluding hydrogens is 372 g/mol. The lowest BCUT2D eigenvalue weighted by atomic mass is 9.90. The van der Waals surface area contributed by atoms with Gasteiger partial charge in [0.05, 0.1) is 10.8 Å². The highest BCUT2D eigenvalue weighted by atomic mass is 32.2. The zero-order chi connectivity index (χ0) is 19.9. The highest BCUT2D eigenvalue weighted by Gasteiger charge is 2.35. The number of carbonyl (C=O) groups is 1. The lowest BCUT2D eigenvalue weighted by molar-refractivity contribution is -0.117. The molecule has 6 heteroatoms. The number of nitrogens with one attached hydrogen (secondary N) is 1. The van der Waals surface area contributed by atoms with Crippen LogP contribution in [0.2, 0.25) is 0 Å². The second-order valence-electron chi connectivity index (χ2n) is 7.67. The van der Waals surface area contributed by atoms with E-state index in [9.17, 15) is 13.2 Å². The summed E-state index contributed by atoms with van der Waals surface area (Å²) in [4.78, 5) is 12.5. The Morgan fingerprint density at radius 1 is 1.11 bits per heavy atom. The molecule has 2 aliphatic heterocycles. The highest BCUT2D eigenvalue weighted by molar-refractivity contribution is 7.89. The molecule has 0 unspecified atom stereocenters. The van der Waals surface area contributed by atoms with Gasteiger partial charge in [-0.1, -0.05) is 50.3 Å². The van der Waals surface area contributed by atoms with Crippen molar-refractivity contribution in [2.45, 2.75) is 31.1 Å². The number of rotatable bonds is 4. The first kappa shape index (κ1) is 18.9. The third-order valence-corrected chi connectivity index (χ3v) is 7.38. The number of benzene rings is 2. The van der Waals surface area contributed by atoms with Crippen LogP contribution in [-0.2, 0) is 14.8 Å². The van der Waals surface area contributed by atoms with E-state index in [1.807, 2.05) is 50.3 Å². The smallest absolute Gasteiger partial charge is 0.243 e. The van der Waals surface area contributed by atoms with Crippen molar-refractivity contribution in [3.63, 3.8) is 0 Å². The van der Waals surface area contributed by atoms with Gasteiger partial charge in [-0.3, -0.25) is 4.79 Å². The lowest BCUT2D eigenvalue weighted by Crippen LogP contribution is -2.34. The van der Waals surface area contributed by atoms with Crippen LogP contribution in [0.1, 0.15) is 37.3 Å². The van der Waals surface area contributed by atoms with Crippen LogP contribution < -0.4 is 5.32 Å². The molecule has 2 aliphatic rings. The minimum atomic E-state index is -3.61. The average Bonchev–Trinajstić information content (AvgIpc) is 3.04. The van der Waals surface area contributed by atoms with Crippen LogP contribution in [0.4, 0.5) is 5.69 Å². The van der Waals surface area contributed by atoms with Crippen LogP contribution >= 0.6 is 0 Å². The van der Waals surface area contributed by atoms with E-state index in [0.29, 0.717) is 25.2 Å². The molecule has 5 nitrogen and oxygen atoms in total. The lowest BCUT2D eigenvalue weighted by Gasteiger charge is -2.26. The van der Waals surface area contributed by atoms with Gasteiger partial charge in [0, 0.05) is 18.8 Å². The molecule has 1 atom stereocenters. The van der Waals surface area contributed by atoms with Gasteiger partial charge >= 0.3 is 0 Å². The number of nitrogens with zero attached hydrogens (tertiary/aromatic N) is 1. The molecule has 2 aromatic carbocycles. The van der Waals surface area contributed by atoms with E-state index in [1.165, 1.54) is 9.88 Å². The van der Waals surface area contributed by atoms with E-state index >= 15 is 0 Å². The predicted molar refractivity (Wildman–Crippen MR) is 110 cm³/mol. The minimum Gasteiger partial charge on any atom is -0.325 e. The monoisotopic (exact) mass is 396 g/mol. The first-order chi connectivity index (χ1) is 13.4. The summed E-state index contributed by atoms with van der Waals surface area (Å²) >= 11 is 0. The molecular formula is C22H24N2O3S. The van der Waals surface area contributed by atoms with Gasteiger partial charge in [0.2, 0.25) is 15.9 Å². The Morgan fingerprint density at radius 3 is 2.50 bits per heavy atom. The Balaban J connectivity index is 1.60. The summed E-state index contributed by atoms with van der Waals surface area (Å²) in [7, 11) is -3.61. The number of hydrogen-bond acceptors (Lipinski definition) is 3.